The van der Waals surface area contributed by atoms with E-state index in [1.807, 2.05) is 0 Å². The van der Waals surface area contributed by atoms with E-state index in [9.17, 15) is 4.79 Å². The van der Waals surface area contributed by atoms with Gasteiger partial charge in [-0.2, -0.15) is 0 Å². The van der Waals surface area contributed by atoms with Crippen LogP contribution in [0.1, 0.15) is 19.3 Å². The van der Waals surface area contributed by atoms with Crippen molar-refractivity contribution in [1.82, 2.24) is 5.32 Å². The molecule has 1 heterocycles. The van der Waals surface area contributed by atoms with Gasteiger partial charge in [-0.1, -0.05) is 0 Å². The highest BCUT2D eigenvalue weighted by Crippen LogP contribution is 2.36. The molecule has 5 atom stereocenters. The highest BCUT2D eigenvalue weighted by atomic mass is 16.7. The van der Waals surface area contributed by atoms with Gasteiger partial charge in [0.15, 0.2) is 0 Å². The summed E-state index contributed by atoms with van der Waals surface area (Å²) in [5.41, 5.74) is 0. The van der Waals surface area contributed by atoms with Crippen molar-refractivity contribution in [2.24, 2.45) is 5.92 Å². The minimum atomic E-state index is -0.228. The monoisotopic (exact) mass is 303 g/mol. The molecule has 0 aromatic heterocycles. The molecule has 2 fully saturated rings. The minimum Gasteiger partial charge on any atom is -0.468 e. The second kappa shape index (κ2) is 8.05. The smallest absolute Gasteiger partial charge is 0.322 e. The molecule has 0 unspecified atom stereocenters. The average Bonchev–Trinajstić information content (AvgIpc) is 2.92. The fourth-order valence-corrected chi connectivity index (χ4v) is 3.27. The zero-order valence-corrected chi connectivity index (χ0v) is 12.9. The van der Waals surface area contributed by atoms with Gasteiger partial charge in [-0.05, 0) is 25.2 Å². The van der Waals surface area contributed by atoms with Crippen LogP contribution < -0.4 is 5.32 Å². The van der Waals surface area contributed by atoms with E-state index in [4.69, 9.17) is 23.7 Å². The number of carbonyl (C=O) groups excluding carboxylic acids is 1. The molecule has 1 aliphatic carbocycles. The van der Waals surface area contributed by atoms with Crippen LogP contribution in [0.3, 0.4) is 0 Å². The summed E-state index contributed by atoms with van der Waals surface area (Å²) in [6.07, 6.45) is 2.30. The van der Waals surface area contributed by atoms with Gasteiger partial charge >= 0.3 is 5.97 Å². The number of esters is 1. The first kappa shape index (κ1) is 16.6. The third-order valence-electron chi connectivity index (χ3n) is 4.24. The van der Waals surface area contributed by atoms with Crippen LogP contribution in [-0.2, 0) is 28.5 Å². The number of ether oxygens (including phenoxy) is 5. The quantitative estimate of drug-likeness (QED) is 0.535. The molecule has 7 nitrogen and oxygen atoms in total. The van der Waals surface area contributed by atoms with E-state index in [2.05, 4.69) is 5.32 Å². The Kier molecular flexibility index (Phi) is 6.38. The van der Waals surface area contributed by atoms with Gasteiger partial charge in [-0.25, -0.2) is 0 Å². The molecular weight excluding hydrogens is 278 g/mol. The molecule has 1 aliphatic heterocycles. The predicted octanol–water partition coefficient (Wildman–Crippen LogP) is 0.278. The number of rotatable bonds is 7. The molecular formula is C14H25NO6. The number of nitrogens with one attached hydrogen (secondary N) is 1. The first-order valence-electron chi connectivity index (χ1n) is 7.24. The van der Waals surface area contributed by atoms with Crippen LogP contribution in [0.15, 0.2) is 0 Å². The zero-order chi connectivity index (χ0) is 15.2. The van der Waals surface area contributed by atoms with Gasteiger partial charge in [0.25, 0.3) is 0 Å². The number of hydrogen-bond donors (Lipinski definition) is 1. The predicted molar refractivity (Wildman–Crippen MR) is 73.6 cm³/mol. The Morgan fingerprint density at radius 2 is 1.62 bits per heavy atom. The Bertz CT molecular complexity index is 315. The Morgan fingerprint density at radius 1 is 1.00 bits per heavy atom. The van der Waals surface area contributed by atoms with E-state index in [-0.39, 0.29) is 43.8 Å². The Hall–Kier alpha value is -0.730. The maximum Gasteiger partial charge on any atom is 0.322 e. The largest absolute Gasteiger partial charge is 0.468 e. The van der Waals surface area contributed by atoms with Crippen molar-refractivity contribution in [3.05, 3.63) is 0 Å². The van der Waals surface area contributed by atoms with Crippen molar-refractivity contribution in [2.75, 3.05) is 34.9 Å². The van der Waals surface area contributed by atoms with Gasteiger partial charge < -0.3 is 29.0 Å². The van der Waals surface area contributed by atoms with E-state index >= 15 is 0 Å². The van der Waals surface area contributed by atoms with E-state index in [0.717, 1.165) is 19.3 Å². The standard InChI is InChI=1S/C14H25NO6/c1-17-7-20-12-5-9-4-11(14(16)19-3)15-10(9)6-13(12)21-8-18-2/h9-13,15H,4-8H2,1-3H3/t9-,10+,11+,12+,13+/m1/s1. The van der Waals surface area contributed by atoms with Crippen molar-refractivity contribution >= 4 is 5.97 Å². The summed E-state index contributed by atoms with van der Waals surface area (Å²) < 4.78 is 26.2. The van der Waals surface area contributed by atoms with Gasteiger partial charge in [-0.3, -0.25) is 4.79 Å². The Balaban J connectivity index is 1.95. The van der Waals surface area contributed by atoms with Crippen molar-refractivity contribution < 1.29 is 28.5 Å². The third-order valence-corrected chi connectivity index (χ3v) is 4.24. The van der Waals surface area contributed by atoms with Crippen LogP contribution >= 0.6 is 0 Å². The van der Waals surface area contributed by atoms with Gasteiger partial charge in [0.05, 0.1) is 19.3 Å². The summed E-state index contributed by atoms with van der Waals surface area (Å²) in [6, 6.07) is 0.0209. The molecule has 21 heavy (non-hydrogen) atoms. The molecule has 1 N–H and O–H groups in total. The maximum absolute atomic E-state index is 11.7. The SMILES string of the molecule is COCO[C@H]1C[C@H]2C[C@@H](C(=O)OC)N[C@H]2C[C@@H]1OCOC. The molecule has 1 saturated carbocycles. The molecule has 2 aliphatic rings. The van der Waals surface area contributed by atoms with Crippen LogP contribution in [0, 0.1) is 5.92 Å². The molecule has 0 spiro atoms. The summed E-state index contributed by atoms with van der Waals surface area (Å²) in [5.74, 6) is 0.187. The number of methoxy groups -OCH3 is 3. The van der Waals surface area contributed by atoms with Gasteiger partial charge in [0, 0.05) is 20.3 Å². The number of fused-ring (bicyclic) bond motifs is 1. The lowest BCUT2D eigenvalue weighted by Crippen LogP contribution is -2.47. The molecule has 0 amide bonds. The maximum atomic E-state index is 11.7. The van der Waals surface area contributed by atoms with Crippen molar-refractivity contribution in [1.29, 1.82) is 0 Å². The Morgan fingerprint density at radius 3 is 2.19 bits per heavy atom. The van der Waals surface area contributed by atoms with Gasteiger partial charge in [0.2, 0.25) is 0 Å². The van der Waals surface area contributed by atoms with Crippen molar-refractivity contribution in [3.63, 3.8) is 0 Å². The van der Waals surface area contributed by atoms with Gasteiger partial charge in [0.1, 0.15) is 19.6 Å². The van der Waals surface area contributed by atoms with Crippen LogP contribution in [0.25, 0.3) is 0 Å². The van der Waals surface area contributed by atoms with Crippen molar-refractivity contribution in [3.8, 4) is 0 Å². The lowest BCUT2D eigenvalue weighted by molar-refractivity contribution is -0.175. The highest BCUT2D eigenvalue weighted by Gasteiger charge is 2.45. The third kappa shape index (κ3) is 4.14. The normalized spacial score (nSPS) is 35.5. The molecule has 1 saturated heterocycles. The second-order valence-electron chi connectivity index (χ2n) is 5.54. The molecule has 0 aromatic carbocycles. The first-order chi connectivity index (χ1) is 10.2. The molecule has 0 radical (unpaired) electrons. The topological polar surface area (TPSA) is 75.3 Å². The summed E-state index contributed by atoms with van der Waals surface area (Å²) >= 11 is 0. The van der Waals surface area contributed by atoms with E-state index in [1.54, 1.807) is 14.2 Å². The summed E-state index contributed by atoms with van der Waals surface area (Å²) in [7, 11) is 4.61. The fourth-order valence-electron chi connectivity index (χ4n) is 3.27. The molecule has 2 rings (SSSR count). The summed E-state index contributed by atoms with van der Waals surface area (Å²) in [4.78, 5) is 11.7. The van der Waals surface area contributed by atoms with Crippen LogP contribution in [-0.4, -0.2) is 65.2 Å². The van der Waals surface area contributed by atoms with E-state index < -0.39 is 0 Å². The number of hydrogen-bond acceptors (Lipinski definition) is 7. The lowest BCUT2D eigenvalue weighted by Gasteiger charge is -2.37. The van der Waals surface area contributed by atoms with Crippen LogP contribution in [0.5, 0.6) is 0 Å². The first-order valence-corrected chi connectivity index (χ1v) is 7.24. The van der Waals surface area contributed by atoms with E-state index in [1.165, 1.54) is 7.11 Å². The molecule has 0 bridgehead atoms. The molecule has 122 valence electrons. The lowest BCUT2D eigenvalue weighted by atomic mass is 9.81. The molecule has 0 aromatic rings. The van der Waals surface area contributed by atoms with Crippen LogP contribution in [0.2, 0.25) is 0 Å². The second-order valence-corrected chi connectivity index (χ2v) is 5.54. The fraction of sp³-hybridized carbons (Fsp3) is 0.929. The van der Waals surface area contributed by atoms with E-state index in [0.29, 0.717) is 5.92 Å². The van der Waals surface area contributed by atoms with Crippen molar-refractivity contribution in [2.45, 2.75) is 43.6 Å². The molecule has 7 heteroatoms. The minimum absolute atomic E-state index is 0.0421. The summed E-state index contributed by atoms with van der Waals surface area (Å²) in [5, 5.41) is 3.34. The number of carbonyl (C=O) groups is 1. The Labute approximate surface area is 125 Å². The highest BCUT2D eigenvalue weighted by molar-refractivity contribution is 5.76. The van der Waals surface area contributed by atoms with Crippen LogP contribution in [0.4, 0.5) is 0 Å². The zero-order valence-electron chi connectivity index (χ0n) is 12.9. The van der Waals surface area contributed by atoms with Gasteiger partial charge in [-0.15, -0.1) is 0 Å². The summed E-state index contributed by atoms with van der Waals surface area (Å²) in [6.45, 7) is 0.470. The average molecular weight is 303 g/mol.